The normalized spacial score (nSPS) is 20.3. The van der Waals surface area contributed by atoms with E-state index in [1.807, 2.05) is 152 Å². The van der Waals surface area contributed by atoms with E-state index < -0.39 is 60.1 Å². The first kappa shape index (κ1) is 117. The van der Waals surface area contributed by atoms with Crippen molar-refractivity contribution < 1.29 is 78.2 Å². The predicted molar refractivity (Wildman–Crippen MR) is 559 cm³/mol. The van der Waals surface area contributed by atoms with Gasteiger partial charge in [-0.1, -0.05) is 215 Å². The maximum atomic E-state index is 12.6. The van der Waals surface area contributed by atoms with Crippen molar-refractivity contribution in [2.75, 3.05) is 221 Å². The van der Waals surface area contributed by atoms with Crippen LogP contribution < -0.4 is 16.4 Å². The molecular formula is C99H143Br3MgN12O17S6. The summed E-state index contributed by atoms with van der Waals surface area (Å²) >= 11 is 10.2. The predicted octanol–water partition coefficient (Wildman–Crippen LogP) is 9.96. The van der Waals surface area contributed by atoms with E-state index in [2.05, 4.69) is 111 Å². The van der Waals surface area contributed by atoms with Crippen molar-refractivity contribution in [2.45, 2.75) is 97.9 Å². The molecule has 12 heterocycles. The molecule has 7 N–H and O–H groups in total. The number of nitrogens with one attached hydrogen (secondary N) is 2. The van der Waals surface area contributed by atoms with Gasteiger partial charge in [0.05, 0.1) is 49.2 Å². The summed E-state index contributed by atoms with van der Waals surface area (Å²) in [6.45, 7) is 38.5. The third kappa shape index (κ3) is 28.8. The first-order valence-electron chi connectivity index (χ1n) is 46.0. The molecule has 29 nitrogen and oxygen atoms in total. The van der Waals surface area contributed by atoms with E-state index in [4.69, 9.17) is 25.4 Å². The van der Waals surface area contributed by atoms with Crippen molar-refractivity contribution in [3.63, 3.8) is 0 Å². The summed E-state index contributed by atoms with van der Waals surface area (Å²) in [5.41, 5.74) is 15.5. The average molecular weight is 2230 g/mol. The molecule has 8 aromatic rings. The number of aryl methyl sites for hydroxylation is 6. The van der Waals surface area contributed by atoms with Gasteiger partial charge in [0.25, 0.3) is 0 Å². The van der Waals surface area contributed by atoms with Crippen LogP contribution in [0.3, 0.4) is 0 Å². The summed E-state index contributed by atoms with van der Waals surface area (Å²) in [6.07, 6.45) is 0. The number of hydrogen-bond donors (Lipinski definition) is 6. The van der Waals surface area contributed by atoms with E-state index in [1.165, 1.54) is 41.6 Å². The van der Waals surface area contributed by atoms with E-state index in [0.29, 0.717) is 133 Å². The minimum absolute atomic E-state index is 0. The zero-order valence-corrected chi connectivity index (χ0v) is 92.8. The number of aliphatic hydroxyl groups is 3. The second-order valence-electron chi connectivity index (χ2n) is 38.7. The second-order valence-corrected chi connectivity index (χ2v) is 52.0. The topological polar surface area (TPSA) is 363 Å². The van der Waals surface area contributed by atoms with Gasteiger partial charge in [-0.2, -0.15) is 25.8 Å². The Labute approximate surface area is 866 Å². The third-order valence-electron chi connectivity index (χ3n) is 26.4. The maximum Gasteiger partial charge on any atom is 2.00 e. The number of sulfonamides is 6. The molecule has 0 aliphatic carbocycles. The SMILES string of the molecule is CCOCC.CN1CC2(CNC2)C1.CO.CO.Cc1ccc(S(=O)(=O)N2CC(CBr)(CBr)C2)cc1.Cc1ccc(S(=O)(=O)N2CC(CO)(CBr)C2)cc1.Cc1ccc(S(=O)(=O)N2CC3(CN(C)C3)C2)cc1.Cc1ccc(S(=O)(=O)N2CC3(CN(Cc4ccccc4)C3)C2)cc1.Cc1ccc(S(=O)(=O)N2CC3(CNC3)C2)cc1.Cc1ccc(S(=O)(=O)N2CC3(COC3)C2)cc1.NCc1ccccc1.[H-].[H-].[Mg+2]. The Morgan fingerprint density at radius 1 is 0.341 bits per heavy atom. The molecule has 12 saturated heterocycles. The van der Waals surface area contributed by atoms with Crippen LogP contribution >= 0.6 is 47.8 Å². The summed E-state index contributed by atoms with van der Waals surface area (Å²) in [5, 5.41) is 32.0. The molecule has 8 aromatic carbocycles. The van der Waals surface area contributed by atoms with Crippen LogP contribution in [0.15, 0.2) is 236 Å². The van der Waals surface area contributed by atoms with Gasteiger partial charge >= 0.3 is 23.1 Å². The smallest absolute Gasteiger partial charge is 1.00 e. The zero-order chi connectivity index (χ0) is 100. The molecule has 0 saturated carbocycles. The van der Waals surface area contributed by atoms with Gasteiger partial charge in [-0.3, -0.25) is 4.90 Å². The van der Waals surface area contributed by atoms with Crippen LogP contribution in [0.25, 0.3) is 0 Å². The molecule has 0 aromatic heterocycles. The van der Waals surface area contributed by atoms with Gasteiger partial charge in [-0.25, -0.2) is 50.5 Å². The molecule has 138 heavy (non-hydrogen) atoms. The molecule has 12 aliphatic rings. The maximum absolute atomic E-state index is 12.6. The van der Waals surface area contributed by atoms with Crippen LogP contribution in [0.5, 0.6) is 0 Å². The number of halogens is 3. The molecule has 0 atom stereocenters. The number of aliphatic hydroxyl groups excluding tert-OH is 3. The molecule has 20 rings (SSSR count). The molecule has 5 spiro atoms. The van der Waals surface area contributed by atoms with Crippen molar-refractivity contribution in [3.05, 3.63) is 251 Å². The van der Waals surface area contributed by atoms with Gasteiger partial charge in [-0.05, 0) is 153 Å². The standard InChI is InChI=1S/C19H22N2O2S.C13H18N2O2S.C12H15Br2NO2S.C12H16BrNO3S.C12H16N2O2S.C12H15NO3S.C7H9N.C6H12N2.C4H10O.2CH4O.Mg.2H/c1-16-7-9-18(10-8-16)24(22,23)21-14-19(15-21)12-20(13-19)11-17-5-3-2-4-6-17;1-11-3-5-12(6-4-11)18(16,17)15-9-13(10-15)7-14(2)8-13;1-10-2-4-11(5-3-10)18(16,17)15-8-12(6-13,7-14)9-15;1-10-2-4-11(5-3-10)18(16,17)14-7-12(6-13,8-14)9-15;1-10-2-4-11(5-3-10)17(15,16)14-8-12(9-14)6-13-7-12;1-10-2-4-11(5-3-10)17(14,15)13-6-12(7-13)8-16-9-12;8-6-7-4-2-1-3-5-7;1-8-4-6(5-8)2-7-3-6;1-3-5-4-2;2*1-2;;;/h2-10H,11-15H2,1H3;3-6H,7-10H2,1-2H3;2-5H,6-9H2,1H3;2-5,15H,6-9H2,1H3;2-5,13H,6-9H2,1H3;2-5H,6-9H2,1H3;1-5H,6,8H2;7H,2-5H2,1H3;3-4H2,1-2H3;2*2H,1H3;;;/q;;;;;;;;;;;+2;2*-1. The number of benzene rings is 8. The quantitative estimate of drug-likeness (QED) is 0.0288. The van der Waals surface area contributed by atoms with Gasteiger partial charge in [-0.15, -0.1) is 0 Å². The van der Waals surface area contributed by atoms with Gasteiger partial charge < -0.3 is 53.8 Å². The van der Waals surface area contributed by atoms with Crippen molar-refractivity contribution in [3.8, 4) is 0 Å². The van der Waals surface area contributed by atoms with Crippen LogP contribution in [0.4, 0.5) is 0 Å². The summed E-state index contributed by atoms with van der Waals surface area (Å²) < 4.78 is 167. The molecule has 12 fully saturated rings. The Hall–Kier alpha value is -5.01. The van der Waals surface area contributed by atoms with Crippen molar-refractivity contribution in [1.29, 1.82) is 0 Å². The number of alkyl halides is 3. The van der Waals surface area contributed by atoms with E-state index >= 15 is 0 Å². The Morgan fingerprint density at radius 2 is 0.572 bits per heavy atom. The molecule has 0 bridgehead atoms. The fourth-order valence-corrected chi connectivity index (χ4v) is 30.2. The molecule has 12 aliphatic heterocycles. The molecule has 0 radical (unpaired) electrons. The molecule has 760 valence electrons. The number of ether oxygens (including phenoxy) is 2. The van der Waals surface area contributed by atoms with Crippen LogP contribution in [-0.4, -0.2) is 351 Å². The minimum Gasteiger partial charge on any atom is -1.00 e. The molecule has 39 heteroatoms. The van der Waals surface area contributed by atoms with Crippen LogP contribution in [-0.2, 0) is 82.7 Å². The Bertz CT molecular complexity index is 5660. The van der Waals surface area contributed by atoms with Gasteiger partial charge in [0.1, 0.15) is 0 Å². The van der Waals surface area contributed by atoms with Crippen molar-refractivity contribution in [1.82, 2.24) is 51.2 Å². The van der Waals surface area contributed by atoms with E-state index in [0.717, 1.165) is 123 Å². The van der Waals surface area contributed by atoms with E-state index in [9.17, 15) is 55.6 Å². The molecule has 0 amide bonds. The summed E-state index contributed by atoms with van der Waals surface area (Å²) in [5.74, 6) is 0. The van der Waals surface area contributed by atoms with Crippen LogP contribution in [0, 0.1) is 79.4 Å². The molecule has 0 unspecified atom stereocenters. The van der Waals surface area contributed by atoms with Crippen molar-refractivity contribution >= 4 is 131 Å². The van der Waals surface area contributed by atoms with Crippen LogP contribution in [0.2, 0.25) is 0 Å². The first-order chi connectivity index (χ1) is 64.9. The van der Waals surface area contributed by atoms with E-state index in [-0.39, 0.29) is 65.0 Å². The first-order valence-corrected chi connectivity index (χ1v) is 58.0. The number of rotatable bonds is 21. The van der Waals surface area contributed by atoms with Crippen LogP contribution in [0.1, 0.15) is 61.2 Å². The van der Waals surface area contributed by atoms with E-state index in [1.54, 1.807) is 106 Å². The number of nitrogens with zero attached hydrogens (tertiary/aromatic N) is 9. The molecular weight excluding hydrogens is 2090 g/mol. The summed E-state index contributed by atoms with van der Waals surface area (Å²) in [6, 6.07) is 62.5. The fourth-order valence-electron chi connectivity index (χ4n) is 18.1. The Kier molecular flexibility index (Phi) is 42.6. The fraction of sp³-hybridized carbons (Fsp3) is 0.515. The summed E-state index contributed by atoms with van der Waals surface area (Å²) in [4.78, 5) is 9.31. The monoisotopic (exact) mass is 2220 g/mol. The van der Waals surface area contributed by atoms with Crippen molar-refractivity contribution in [2.24, 2.45) is 43.6 Å². The minimum atomic E-state index is -3.41. The number of likely N-dealkylation sites (tertiary alicyclic amines) is 3. The largest absolute Gasteiger partial charge is 2.00 e. The van der Waals surface area contributed by atoms with Gasteiger partial charge in [0, 0.05) is 238 Å². The van der Waals surface area contributed by atoms with Gasteiger partial charge in [0.15, 0.2) is 0 Å². The Morgan fingerprint density at radius 3 is 0.775 bits per heavy atom. The number of nitrogens with two attached hydrogens (primary N) is 1. The zero-order valence-electron chi connectivity index (χ0n) is 83.7. The third-order valence-corrected chi connectivity index (χ3v) is 40.8. The average Bonchev–Trinajstić information content (AvgIpc) is 0.721. The number of hydrogen-bond acceptors (Lipinski definition) is 23. The summed E-state index contributed by atoms with van der Waals surface area (Å²) in [7, 11) is -13.6. The Balaban J connectivity index is 0.000000217. The second kappa shape index (κ2) is 50.4. The van der Waals surface area contributed by atoms with Gasteiger partial charge in [0.2, 0.25) is 60.1 Å².